The summed E-state index contributed by atoms with van der Waals surface area (Å²) >= 11 is 42.0. The maximum atomic E-state index is 13.9. The van der Waals surface area contributed by atoms with E-state index in [2.05, 4.69) is 30.9 Å². The average molecular weight is 1350 g/mol. The van der Waals surface area contributed by atoms with Crippen LogP contribution in [0.2, 0.25) is 35.2 Å². The highest BCUT2D eigenvalue weighted by atomic mass is 35.5. The number of carbonyl (C=O) groups is 6. The number of halogens is 11. The third-order valence-electron chi connectivity index (χ3n) is 11.2. The summed E-state index contributed by atoms with van der Waals surface area (Å²) in [6, 6.07) is 25.4. The molecule has 3 aromatic heterocycles. The Morgan fingerprint density at radius 3 is 1.09 bits per heavy atom. The first-order valence-corrected chi connectivity index (χ1v) is 26.7. The summed E-state index contributed by atoms with van der Waals surface area (Å²) in [5, 5.41) is 43.8. The highest BCUT2D eigenvalue weighted by Gasteiger charge is 2.23. The van der Waals surface area contributed by atoms with E-state index in [4.69, 9.17) is 116 Å². The van der Waals surface area contributed by atoms with Gasteiger partial charge < -0.3 is 50.6 Å². The number of carboxylic acid groups (broad SMARTS) is 3. The van der Waals surface area contributed by atoms with Gasteiger partial charge in [-0.2, -0.15) is 0 Å². The Balaban J connectivity index is 0.000000188. The van der Waals surface area contributed by atoms with Gasteiger partial charge in [-0.1, -0.05) is 87.3 Å². The number of pyridine rings is 3. The number of nitrogens with one attached hydrogen (secondary N) is 3. The molecule has 0 aliphatic heterocycles. The molecule has 0 atom stereocenters. The zero-order valence-electron chi connectivity index (χ0n) is 43.5. The zero-order valence-corrected chi connectivity index (χ0v) is 48.8. The van der Waals surface area contributed by atoms with Crippen LogP contribution < -0.4 is 30.2 Å². The molecule has 0 aliphatic rings. The van der Waals surface area contributed by atoms with Crippen LogP contribution >= 0.6 is 81.2 Å². The van der Waals surface area contributed by atoms with Crippen molar-refractivity contribution in [1.82, 2.24) is 15.0 Å². The van der Waals surface area contributed by atoms with Gasteiger partial charge in [0.05, 0.1) is 94.1 Å². The lowest BCUT2D eigenvalue weighted by molar-refractivity contribution is 0.0680. The zero-order chi connectivity index (χ0) is 64.1. The van der Waals surface area contributed by atoms with E-state index in [9.17, 15) is 46.3 Å². The predicted octanol–water partition coefficient (Wildman–Crippen LogP) is 16.1. The van der Waals surface area contributed by atoms with E-state index >= 15 is 0 Å². The lowest BCUT2D eigenvalue weighted by Crippen LogP contribution is -2.14. The summed E-state index contributed by atoms with van der Waals surface area (Å²) in [6.07, 6.45) is 3.53. The maximum Gasteiger partial charge on any atom is 0.354 e. The standard InChI is InChI=1S/C20H13Cl2FN2O5.C19H10Cl3FN2O4.C19H10Cl2F2N2O4/c21-14-6-13(19(27)25-11-2-4-17(20(28)29)24-8-11)18(7-15(14)22)30-12-3-1-10(9-26)16(23)5-12;20-12-6-11(18(26)25-10-2-3-15(19(27)28)24-8-10)17(7-13(12)21)29-16-4-1-9(23)5-14(16)22;20-12-6-11(18(26)25-10-2-3-15(19(27)28)24-8-10)17(7-13(12)21)29-16-4-1-9(22)5-14(16)23/h1-8,26H,9H2,(H,25,27)(H,28,29);2*1-8H,(H,25,26)(H,27,28). The van der Waals surface area contributed by atoms with Crippen LogP contribution in [0.15, 0.2) is 146 Å². The third-order valence-corrected chi connectivity index (χ3v) is 13.6. The van der Waals surface area contributed by atoms with E-state index < -0.39 is 65.5 Å². The monoisotopic (exact) mass is 1340 g/mol. The second-order valence-electron chi connectivity index (χ2n) is 17.2. The van der Waals surface area contributed by atoms with Gasteiger partial charge in [-0.15, -0.1) is 0 Å². The van der Waals surface area contributed by atoms with E-state index in [0.29, 0.717) is 6.07 Å². The van der Waals surface area contributed by atoms with Gasteiger partial charge in [-0.25, -0.2) is 46.9 Å². The SMILES string of the molecule is O=C(O)c1ccc(NC(=O)c2cc(Cl)c(Cl)cc2Oc2ccc(CO)c(F)c2)cn1.O=C(O)c1ccc(NC(=O)c2cc(Cl)c(Cl)cc2Oc2ccc(F)cc2Cl)cn1.O=C(O)c1ccc(NC(=O)c2cc(Cl)c(Cl)cc2Oc2ccc(F)cc2F)cn1. The van der Waals surface area contributed by atoms with E-state index in [0.717, 1.165) is 36.5 Å². The number of aromatic carboxylic acids is 3. The number of nitrogens with zero attached hydrogens (tertiary/aromatic N) is 3. The van der Waals surface area contributed by atoms with E-state index in [1.54, 1.807) is 0 Å². The number of benzene rings is 6. The molecule has 0 fully saturated rings. The molecule has 0 aliphatic carbocycles. The van der Waals surface area contributed by atoms with Gasteiger partial charge >= 0.3 is 17.9 Å². The number of aliphatic hydroxyl groups is 1. The first-order valence-electron chi connectivity index (χ1n) is 24.1. The van der Waals surface area contributed by atoms with Crippen LogP contribution in [-0.4, -0.2) is 71.0 Å². The van der Waals surface area contributed by atoms with Crippen molar-refractivity contribution in [2.24, 2.45) is 0 Å². The van der Waals surface area contributed by atoms with Crippen molar-refractivity contribution in [1.29, 1.82) is 0 Å². The van der Waals surface area contributed by atoms with Crippen LogP contribution in [0.25, 0.3) is 0 Å². The van der Waals surface area contributed by atoms with Crippen LogP contribution in [0.5, 0.6) is 34.5 Å². The van der Waals surface area contributed by atoms with Crippen molar-refractivity contribution in [2.45, 2.75) is 6.61 Å². The maximum absolute atomic E-state index is 13.9. The molecule has 19 nitrogen and oxygen atoms in total. The largest absolute Gasteiger partial charge is 0.477 e. The molecule has 0 bridgehead atoms. The molecule has 0 unspecified atom stereocenters. The van der Waals surface area contributed by atoms with Crippen LogP contribution in [0.3, 0.4) is 0 Å². The highest BCUT2D eigenvalue weighted by molar-refractivity contribution is 6.43. The van der Waals surface area contributed by atoms with Gasteiger partial charge in [-0.3, -0.25) is 14.4 Å². The molecular formula is C58H33Cl7F4N6O13. The quantitative estimate of drug-likeness (QED) is 0.0443. The van der Waals surface area contributed by atoms with Crippen LogP contribution in [0.1, 0.15) is 68.1 Å². The number of carboxylic acids is 3. The molecule has 0 saturated heterocycles. The molecule has 3 amide bonds. The van der Waals surface area contributed by atoms with Crippen LogP contribution in [0, 0.1) is 23.3 Å². The molecule has 30 heteroatoms. The van der Waals surface area contributed by atoms with Crippen molar-refractivity contribution in [2.75, 3.05) is 16.0 Å². The fraction of sp³-hybridized carbons (Fsp3) is 0.0172. The predicted molar refractivity (Wildman–Crippen MR) is 317 cm³/mol. The molecule has 0 spiro atoms. The molecule has 88 heavy (non-hydrogen) atoms. The number of hydrogen-bond acceptors (Lipinski definition) is 13. The van der Waals surface area contributed by atoms with Crippen LogP contribution in [-0.2, 0) is 6.61 Å². The fourth-order valence-corrected chi connectivity index (χ4v) is 8.11. The first-order chi connectivity index (χ1) is 41.8. The van der Waals surface area contributed by atoms with Crippen molar-refractivity contribution < 1.29 is 81.0 Å². The molecule has 3 heterocycles. The fourth-order valence-electron chi connectivity index (χ4n) is 6.95. The smallest absolute Gasteiger partial charge is 0.354 e. The Hall–Kier alpha value is -9.30. The number of rotatable bonds is 16. The lowest BCUT2D eigenvalue weighted by Gasteiger charge is -2.14. The number of aliphatic hydroxyl groups excluding tert-OH is 1. The summed E-state index contributed by atoms with van der Waals surface area (Å²) in [7, 11) is 0. The molecule has 6 aromatic carbocycles. The van der Waals surface area contributed by atoms with E-state index in [1.807, 2.05) is 0 Å². The minimum absolute atomic E-state index is 0.00152. The summed E-state index contributed by atoms with van der Waals surface area (Å²) in [4.78, 5) is 81.8. The molecule has 9 aromatic rings. The summed E-state index contributed by atoms with van der Waals surface area (Å²) < 4.78 is 70.8. The minimum Gasteiger partial charge on any atom is -0.477 e. The average Bonchev–Trinajstić information content (AvgIpc) is 3.26. The molecule has 7 N–H and O–H groups in total. The van der Waals surface area contributed by atoms with Crippen LogP contribution in [0.4, 0.5) is 34.6 Å². The Bertz CT molecular complexity index is 4000. The Kier molecular flexibility index (Phi) is 22.5. The number of amides is 3. The lowest BCUT2D eigenvalue weighted by atomic mass is 10.1. The van der Waals surface area contributed by atoms with E-state index in [-0.39, 0.29) is 126 Å². The van der Waals surface area contributed by atoms with Gasteiger partial charge in [0.15, 0.2) is 11.6 Å². The summed E-state index contributed by atoms with van der Waals surface area (Å²) in [5.74, 6) is -8.81. The summed E-state index contributed by atoms with van der Waals surface area (Å²) in [6.45, 7) is -0.471. The third kappa shape index (κ3) is 17.7. The molecule has 450 valence electrons. The van der Waals surface area contributed by atoms with Crippen molar-refractivity contribution in [3.05, 3.63) is 244 Å². The molecule has 9 rings (SSSR count). The summed E-state index contributed by atoms with van der Waals surface area (Å²) in [5.41, 5.74) is 0.139. The Morgan fingerprint density at radius 2 is 0.750 bits per heavy atom. The Labute approximate surface area is 527 Å². The minimum atomic E-state index is -1.22. The van der Waals surface area contributed by atoms with Gasteiger partial charge in [-0.05, 0) is 91.0 Å². The topological polar surface area (TPSA) is 286 Å². The van der Waals surface area contributed by atoms with Crippen molar-refractivity contribution in [3.8, 4) is 34.5 Å². The number of ether oxygens (including phenoxy) is 3. The Morgan fingerprint density at radius 1 is 0.386 bits per heavy atom. The second-order valence-corrected chi connectivity index (χ2v) is 20.1. The van der Waals surface area contributed by atoms with Crippen molar-refractivity contribution in [3.63, 3.8) is 0 Å². The van der Waals surface area contributed by atoms with Crippen molar-refractivity contribution >= 4 is 134 Å². The highest BCUT2D eigenvalue weighted by Crippen LogP contribution is 2.39. The molecule has 0 saturated carbocycles. The number of aromatic nitrogens is 3. The normalized spacial score (nSPS) is 10.5. The van der Waals surface area contributed by atoms with Gasteiger partial charge in [0.25, 0.3) is 17.7 Å². The second kappa shape index (κ2) is 29.9. The number of anilines is 3. The number of hydrogen-bond donors (Lipinski definition) is 7. The number of carbonyl (C=O) groups excluding carboxylic acids is 3. The molecular weight excluding hydrogens is 1310 g/mol. The van der Waals surface area contributed by atoms with Gasteiger partial charge in [0.2, 0.25) is 0 Å². The van der Waals surface area contributed by atoms with Gasteiger partial charge in [0, 0.05) is 35.9 Å². The van der Waals surface area contributed by atoms with Gasteiger partial charge in [0.1, 0.15) is 63.3 Å². The van der Waals surface area contributed by atoms with E-state index in [1.165, 1.54) is 103 Å². The molecule has 0 radical (unpaired) electrons. The first kappa shape index (κ1) is 66.2.